The van der Waals surface area contributed by atoms with Gasteiger partial charge in [0.2, 0.25) is 11.8 Å². The molecule has 0 spiro atoms. The molecule has 0 saturated carbocycles. The number of fused-ring (bicyclic) bond motifs is 2. The SMILES string of the molecule is CC(C)(C)OC(=O)N1CCN(c2nccc3oc(-c4cnc5ccc(OC[C@H]6CCC(=O)N6)nn45)cc23)CC1. The van der Waals surface area contributed by atoms with Gasteiger partial charge in [0.1, 0.15) is 29.3 Å². The number of nitrogens with one attached hydrogen (secondary N) is 1. The van der Waals surface area contributed by atoms with Crippen LogP contribution in [0.25, 0.3) is 28.1 Å². The maximum atomic E-state index is 12.5. The van der Waals surface area contributed by atoms with Crippen LogP contribution in [0.4, 0.5) is 10.6 Å². The Hall–Kier alpha value is -4.35. The molecule has 2 aliphatic rings. The molecule has 2 aliphatic heterocycles. The number of anilines is 1. The Morgan fingerprint density at radius 1 is 1.15 bits per heavy atom. The van der Waals surface area contributed by atoms with Crippen molar-refractivity contribution in [3.05, 3.63) is 36.7 Å². The molecule has 12 nitrogen and oxygen atoms in total. The summed E-state index contributed by atoms with van der Waals surface area (Å²) in [6.45, 7) is 8.31. The van der Waals surface area contributed by atoms with Gasteiger partial charge in [-0.05, 0) is 45.4 Å². The Balaban J connectivity index is 1.21. The molecule has 12 heteroatoms. The molecule has 4 aromatic heterocycles. The lowest BCUT2D eigenvalue weighted by Gasteiger charge is -2.36. The van der Waals surface area contributed by atoms with Gasteiger partial charge in [-0.1, -0.05) is 0 Å². The molecule has 0 aromatic carbocycles. The van der Waals surface area contributed by atoms with Crippen molar-refractivity contribution >= 4 is 34.4 Å². The molecule has 2 fully saturated rings. The van der Waals surface area contributed by atoms with Gasteiger partial charge in [0, 0.05) is 44.9 Å². The molecule has 204 valence electrons. The largest absolute Gasteiger partial charge is 0.474 e. The van der Waals surface area contributed by atoms with Crippen LogP contribution in [-0.4, -0.2) is 80.9 Å². The molecule has 0 aliphatic carbocycles. The van der Waals surface area contributed by atoms with E-state index in [1.54, 1.807) is 27.9 Å². The van der Waals surface area contributed by atoms with E-state index in [-0.39, 0.29) is 18.0 Å². The van der Waals surface area contributed by atoms with Gasteiger partial charge in [0.15, 0.2) is 11.4 Å². The smallest absolute Gasteiger partial charge is 0.410 e. The zero-order valence-electron chi connectivity index (χ0n) is 22.2. The molecule has 1 atom stereocenters. The zero-order valence-corrected chi connectivity index (χ0v) is 22.2. The van der Waals surface area contributed by atoms with E-state index < -0.39 is 5.60 Å². The molecule has 1 N–H and O–H groups in total. The summed E-state index contributed by atoms with van der Waals surface area (Å²) in [5.41, 5.74) is 1.51. The molecule has 0 unspecified atom stereocenters. The average molecular weight is 534 g/mol. The van der Waals surface area contributed by atoms with Crippen molar-refractivity contribution < 1.29 is 23.5 Å². The van der Waals surface area contributed by atoms with Crippen LogP contribution in [0.5, 0.6) is 5.88 Å². The molecule has 6 rings (SSSR count). The van der Waals surface area contributed by atoms with E-state index in [0.29, 0.717) is 67.8 Å². The first-order chi connectivity index (χ1) is 18.7. The highest BCUT2D eigenvalue weighted by atomic mass is 16.6. The van der Waals surface area contributed by atoms with Crippen LogP contribution in [0, 0.1) is 0 Å². The summed E-state index contributed by atoms with van der Waals surface area (Å²) in [4.78, 5) is 36.9. The monoisotopic (exact) mass is 533 g/mol. The van der Waals surface area contributed by atoms with Crippen LogP contribution >= 0.6 is 0 Å². The number of amides is 2. The Kier molecular flexibility index (Phi) is 6.24. The summed E-state index contributed by atoms with van der Waals surface area (Å²) in [5.74, 6) is 1.89. The van der Waals surface area contributed by atoms with E-state index in [9.17, 15) is 9.59 Å². The van der Waals surface area contributed by atoms with E-state index in [0.717, 1.165) is 17.6 Å². The molecule has 2 amide bonds. The number of carbonyl (C=O) groups is 2. The summed E-state index contributed by atoms with van der Waals surface area (Å²) in [6, 6.07) is 7.37. The van der Waals surface area contributed by atoms with Crippen LogP contribution in [-0.2, 0) is 9.53 Å². The number of ether oxygens (including phenoxy) is 2. The normalized spacial score (nSPS) is 18.1. The predicted molar refractivity (Wildman–Crippen MR) is 143 cm³/mol. The number of imidazole rings is 1. The minimum Gasteiger partial charge on any atom is -0.474 e. The highest BCUT2D eigenvalue weighted by Crippen LogP contribution is 2.33. The summed E-state index contributed by atoms with van der Waals surface area (Å²) in [7, 11) is 0. The fraction of sp³-hybridized carbons (Fsp3) is 0.444. The second kappa shape index (κ2) is 9.75. The van der Waals surface area contributed by atoms with Gasteiger partial charge in [-0.15, -0.1) is 5.10 Å². The number of hydrogen-bond donors (Lipinski definition) is 1. The van der Waals surface area contributed by atoms with Gasteiger partial charge in [-0.2, -0.15) is 0 Å². The minimum absolute atomic E-state index is 0.00968. The highest BCUT2D eigenvalue weighted by Gasteiger charge is 2.28. The lowest BCUT2D eigenvalue weighted by Crippen LogP contribution is -2.50. The van der Waals surface area contributed by atoms with E-state index >= 15 is 0 Å². The Bertz CT molecular complexity index is 1530. The number of piperazine rings is 1. The number of hydrogen-bond acceptors (Lipinski definition) is 9. The maximum absolute atomic E-state index is 12.5. The van der Waals surface area contributed by atoms with Crippen LogP contribution < -0.4 is 15.0 Å². The van der Waals surface area contributed by atoms with Crippen molar-refractivity contribution in [1.29, 1.82) is 0 Å². The Morgan fingerprint density at radius 3 is 2.72 bits per heavy atom. The van der Waals surface area contributed by atoms with Crippen molar-refractivity contribution in [2.75, 3.05) is 37.7 Å². The lowest BCUT2D eigenvalue weighted by molar-refractivity contribution is -0.119. The molecular weight excluding hydrogens is 502 g/mol. The molecule has 6 heterocycles. The number of pyridine rings is 1. The van der Waals surface area contributed by atoms with Gasteiger partial charge in [0.25, 0.3) is 0 Å². The third-order valence-corrected chi connectivity index (χ3v) is 6.76. The molecule has 0 radical (unpaired) electrons. The minimum atomic E-state index is -0.526. The topological polar surface area (TPSA) is 127 Å². The standard InChI is InChI=1S/C27H31N7O5/c1-27(2,3)39-26(36)33-12-10-32(11-13-33)25-18-14-21(38-20(18)8-9-28-25)19-15-29-22-5-7-24(31-34(19)22)37-16-17-4-6-23(35)30-17/h5,7-9,14-15,17H,4,6,10-13,16H2,1-3H3,(H,30,35)/t17-/m1/s1. The van der Waals surface area contributed by atoms with E-state index in [1.165, 1.54) is 0 Å². The number of furan rings is 1. The van der Waals surface area contributed by atoms with E-state index in [4.69, 9.17) is 13.9 Å². The van der Waals surface area contributed by atoms with Crippen molar-refractivity contribution in [3.8, 4) is 17.3 Å². The third-order valence-electron chi connectivity index (χ3n) is 6.76. The van der Waals surface area contributed by atoms with Gasteiger partial charge < -0.3 is 29.0 Å². The van der Waals surface area contributed by atoms with Crippen molar-refractivity contribution in [1.82, 2.24) is 29.8 Å². The molecule has 39 heavy (non-hydrogen) atoms. The number of rotatable bonds is 5. The first-order valence-corrected chi connectivity index (χ1v) is 13.1. The molecule has 0 bridgehead atoms. The molecule has 2 saturated heterocycles. The van der Waals surface area contributed by atoms with Crippen molar-refractivity contribution in [2.45, 2.75) is 45.3 Å². The highest BCUT2D eigenvalue weighted by molar-refractivity contribution is 5.92. The van der Waals surface area contributed by atoms with Crippen LogP contribution in [0.2, 0.25) is 0 Å². The Morgan fingerprint density at radius 2 is 1.97 bits per heavy atom. The number of nitrogens with zero attached hydrogens (tertiary/aromatic N) is 6. The van der Waals surface area contributed by atoms with Crippen LogP contribution in [0.3, 0.4) is 0 Å². The second-order valence-corrected chi connectivity index (χ2v) is 10.8. The molecular formula is C27H31N7O5. The van der Waals surface area contributed by atoms with Crippen molar-refractivity contribution in [2.24, 2.45) is 0 Å². The average Bonchev–Trinajstić information content (AvgIpc) is 3.63. The number of carbonyl (C=O) groups excluding carboxylic acids is 2. The quantitative estimate of drug-likeness (QED) is 0.411. The molecule has 4 aromatic rings. The fourth-order valence-corrected chi connectivity index (χ4v) is 4.84. The van der Waals surface area contributed by atoms with E-state index in [1.807, 2.05) is 39.0 Å². The Labute approximate surface area is 224 Å². The van der Waals surface area contributed by atoms with Crippen LogP contribution in [0.15, 0.2) is 41.1 Å². The zero-order chi connectivity index (χ0) is 27.1. The summed E-state index contributed by atoms with van der Waals surface area (Å²) in [5, 5.41) is 8.38. The van der Waals surface area contributed by atoms with Crippen LogP contribution in [0.1, 0.15) is 33.6 Å². The van der Waals surface area contributed by atoms with Gasteiger partial charge in [0.05, 0.1) is 17.6 Å². The second-order valence-electron chi connectivity index (χ2n) is 10.8. The first-order valence-electron chi connectivity index (χ1n) is 13.1. The number of aromatic nitrogens is 4. The lowest BCUT2D eigenvalue weighted by atomic mass is 10.2. The summed E-state index contributed by atoms with van der Waals surface area (Å²) in [6.07, 6.45) is 4.42. The summed E-state index contributed by atoms with van der Waals surface area (Å²) < 4.78 is 19.3. The van der Waals surface area contributed by atoms with Gasteiger partial charge >= 0.3 is 6.09 Å². The summed E-state index contributed by atoms with van der Waals surface area (Å²) >= 11 is 0. The predicted octanol–water partition coefficient (Wildman–Crippen LogP) is 3.25. The van der Waals surface area contributed by atoms with E-state index in [2.05, 4.69) is 25.3 Å². The first kappa shape index (κ1) is 25.0. The third kappa shape index (κ3) is 5.18. The van der Waals surface area contributed by atoms with Gasteiger partial charge in [-0.3, -0.25) is 4.79 Å². The fourth-order valence-electron chi connectivity index (χ4n) is 4.84. The maximum Gasteiger partial charge on any atom is 0.410 e. The van der Waals surface area contributed by atoms with Crippen molar-refractivity contribution in [3.63, 3.8) is 0 Å². The van der Waals surface area contributed by atoms with Gasteiger partial charge in [-0.25, -0.2) is 19.3 Å².